The second kappa shape index (κ2) is 8.85. The van der Waals surface area contributed by atoms with Crippen LogP contribution in [0.3, 0.4) is 0 Å². The maximum absolute atomic E-state index is 12.0. The zero-order valence-corrected chi connectivity index (χ0v) is 14.4. The highest BCUT2D eigenvalue weighted by Gasteiger charge is 2.09. The summed E-state index contributed by atoms with van der Waals surface area (Å²) in [6, 6.07) is 3.85. The number of urea groups is 1. The van der Waals surface area contributed by atoms with Crippen LogP contribution in [0.15, 0.2) is 22.9 Å². The smallest absolute Gasteiger partial charge is 0.317 e. The van der Waals surface area contributed by atoms with E-state index in [4.69, 9.17) is 4.52 Å². The van der Waals surface area contributed by atoms with Gasteiger partial charge in [0.15, 0.2) is 5.82 Å². The average Bonchev–Trinajstić information content (AvgIpc) is 2.99. The maximum atomic E-state index is 12.0. The molecule has 0 saturated heterocycles. The van der Waals surface area contributed by atoms with Crippen molar-refractivity contribution < 1.29 is 9.32 Å². The first-order chi connectivity index (χ1) is 11.5. The number of pyridine rings is 1. The lowest BCUT2D eigenvalue weighted by molar-refractivity contribution is 0.209. The molecule has 8 heteroatoms. The minimum absolute atomic E-state index is 0.108. The van der Waals surface area contributed by atoms with Crippen LogP contribution in [0.1, 0.15) is 23.7 Å². The Labute approximate surface area is 141 Å². The fraction of sp³-hybridized carbons (Fsp3) is 0.500. The Kier molecular flexibility index (Phi) is 6.53. The summed E-state index contributed by atoms with van der Waals surface area (Å²) in [5, 5.41) is 9.91. The van der Waals surface area contributed by atoms with Gasteiger partial charge < -0.3 is 20.1 Å². The van der Waals surface area contributed by atoms with E-state index in [0.717, 1.165) is 24.3 Å². The third-order valence-electron chi connectivity index (χ3n) is 3.43. The van der Waals surface area contributed by atoms with Gasteiger partial charge in [0.2, 0.25) is 5.89 Å². The molecule has 8 nitrogen and oxygen atoms in total. The minimum Gasteiger partial charge on any atom is -0.370 e. The van der Waals surface area contributed by atoms with E-state index in [1.165, 1.54) is 0 Å². The second-order valence-corrected chi connectivity index (χ2v) is 5.63. The summed E-state index contributed by atoms with van der Waals surface area (Å²) in [5.41, 5.74) is 1.13. The summed E-state index contributed by atoms with van der Waals surface area (Å²) >= 11 is 0. The molecule has 130 valence electrons. The molecule has 0 saturated carbocycles. The molecule has 0 aliphatic rings. The minimum atomic E-state index is -0.108. The van der Waals surface area contributed by atoms with Gasteiger partial charge >= 0.3 is 6.03 Å². The van der Waals surface area contributed by atoms with Crippen LogP contribution < -0.4 is 10.6 Å². The van der Waals surface area contributed by atoms with Crippen LogP contribution in [-0.4, -0.2) is 52.7 Å². The van der Waals surface area contributed by atoms with Gasteiger partial charge in [0.25, 0.3) is 0 Å². The van der Waals surface area contributed by atoms with E-state index in [2.05, 4.69) is 25.8 Å². The van der Waals surface area contributed by atoms with Crippen molar-refractivity contribution in [2.24, 2.45) is 0 Å². The third-order valence-corrected chi connectivity index (χ3v) is 3.43. The first-order valence-electron chi connectivity index (χ1n) is 7.99. The lowest BCUT2D eigenvalue weighted by Gasteiger charge is -2.17. The number of anilines is 1. The van der Waals surface area contributed by atoms with E-state index in [1.807, 2.05) is 25.3 Å². The van der Waals surface area contributed by atoms with E-state index in [-0.39, 0.29) is 6.03 Å². The highest BCUT2D eigenvalue weighted by Crippen LogP contribution is 2.03. The molecule has 0 aliphatic carbocycles. The Morgan fingerprint density at radius 2 is 2.12 bits per heavy atom. The monoisotopic (exact) mass is 332 g/mol. The summed E-state index contributed by atoms with van der Waals surface area (Å²) < 4.78 is 4.90. The topological polar surface area (TPSA) is 96.2 Å². The molecular weight excluding hydrogens is 308 g/mol. The van der Waals surface area contributed by atoms with Crippen LogP contribution in [0.5, 0.6) is 0 Å². The number of carbonyl (C=O) groups excluding carboxylic acids is 1. The fourth-order valence-electron chi connectivity index (χ4n) is 2.02. The number of aromatic nitrogens is 3. The number of likely N-dealkylation sites (N-methyl/N-ethyl adjacent to an activating group) is 1. The Morgan fingerprint density at radius 3 is 2.79 bits per heavy atom. The van der Waals surface area contributed by atoms with Gasteiger partial charge in [-0.15, -0.1) is 0 Å². The fourth-order valence-corrected chi connectivity index (χ4v) is 2.02. The predicted octanol–water partition coefficient (Wildman–Crippen LogP) is 1.77. The molecule has 0 radical (unpaired) electrons. The van der Waals surface area contributed by atoms with Crippen molar-refractivity contribution in [1.29, 1.82) is 0 Å². The number of aryl methyl sites for hydroxylation is 2. The van der Waals surface area contributed by atoms with Crippen LogP contribution in [-0.2, 0) is 6.42 Å². The number of nitrogens with zero attached hydrogens (tertiary/aromatic N) is 4. The molecule has 0 aliphatic heterocycles. The SMILES string of the molecule is Cc1ccc(NCCCNC(=O)N(C)CCc2noc(C)n2)nc1. The normalized spacial score (nSPS) is 10.5. The van der Waals surface area contributed by atoms with Gasteiger partial charge in [0, 0.05) is 46.2 Å². The molecule has 2 heterocycles. The number of rotatable bonds is 8. The molecule has 2 amide bonds. The highest BCUT2D eigenvalue weighted by atomic mass is 16.5. The number of nitrogens with one attached hydrogen (secondary N) is 2. The van der Waals surface area contributed by atoms with Crippen molar-refractivity contribution in [3.8, 4) is 0 Å². The molecule has 0 spiro atoms. The summed E-state index contributed by atoms with van der Waals surface area (Å²) in [4.78, 5) is 21.9. The molecule has 0 unspecified atom stereocenters. The number of amides is 2. The van der Waals surface area contributed by atoms with Crippen molar-refractivity contribution >= 4 is 11.8 Å². The van der Waals surface area contributed by atoms with Crippen molar-refractivity contribution in [1.82, 2.24) is 25.3 Å². The standard InChI is InChI=1S/C16H24N6O2/c1-12-5-6-14(19-11-12)17-8-4-9-18-16(23)22(3)10-7-15-20-13(2)24-21-15/h5-6,11H,4,7-10H2,1-3H3,(H,17,19)(H,18,23). The molecule has 0 aromatic carbocycles. The van der Waals surface area contributed by atoms with E-state index >= 15 is 0 Å². The summed E-state index contributed by atoms with van der Waals surface area (Å²) in [5.74, 6) is 1.99. The Morgan fingerprint density at radius 1 is 1.29 bits per heavy atom. The number of carbonyl (C=O) groups is 1. The van der Waals surface area contributed by atoms with Crippen LogP contribution in [0.4, 0.5) is 10.6 Å². The lowest BCUT2D eigenvalue weighted by Crippen LogP contribution is -2.39. The van der Waals surface area contributed by atoms with Gasteiger partial charge in [-0.2, -0.15) is 4.98 Å². The van der Waals surface area contributed by atoms with Crippen molar-refractivity contribution in [2.75, 3.05) is 32.0 Å². The molecule has 2 aromatic heterocycles. The van der Waals surface area contributed by atoms with Crippen molar-refractivity contribution in [3.63, 3.8) is 0 Å². The maximum Gasteiger partial charge on any atom is 0.317 e. The highest BCUT2D eigenvalue weighted by molar-refractivity contribution is 5.73. The lowest BCUT2D eigenvalue weighted by atomic mass is 10.3. The number of hydrogen-bond acceptors (Lipinski definition) is 6. The predicted molar refractivity (Wildman–Crippen MR) is 90.8 cm³/mol. The summed E-state index contributed by atoms with van der Waals surface area (Å²) in [7, 11) is 1.75. The largest absolute Gasteiger partial charge is 0.370 e. The molecule has 2 N–H and O–H groups in total. The first kappa shape index (κ1) is 17.7. The Bertz CT molecular complexity index is 640. The van der Waals surface area contributed by atoms with Crippen LogP contribution in [0.25, 0.3) is 0 Å². The summed E-state index contributed by atoms with van der Waals surface area (Å²) in [6.45, 7) is 5.64. The molecular formula is C16H24N6O2. The summed E-state index contributed by atoms with van der Waals surface area (Å²) in [6.07, 6.45) is 3.21. The molecule has 2 rings (SSSR count). The van der Waals surface area contributed by atoms with Gasteiger partial charge in [-0.3, -0.25) is 0 Å². The zero-order chi connectivity index (χ0) is 17.4. The second-order valence-electron chi connectivity index (χ2n) is 5.63. The van der Waals surface area contributed by atoms with E-state index in [9.17, 15) is 4.79 Å². The Balaban J connectivity index is 1.57. The van der Waals surface area contributed by atoms with Crippen LogP contribution in [0.2, 0.25) is 0 Å². The van der Waals surface area contributed by atoms with Gasteiger partial charge in [-0.25, -0.2) is 9.78 Å². The molecule has 2 aromatic rings. The Hall–Kier alpha value is -2.64. The molecule has 24 heavy (non-hydrogen) atoms. The van der Waals surface area contributed by atoms with Gasteiger partial charge in [-0.1, -0.05) is 11.2 Å². The molecule has 0 fully saturated rings. The van der Waals surface area contributed by atoms with Crippen molar-refractivity contribution in [2.45, 2.75) is 26.7 Å². The third kappa shape index (κ3) is 5.86. The quantitative estimate of drug-likeness (QED) is 0.715. The van der Waals surface area contributed by atoms with Gasteiger partial charge in [0.05, 0.1) is 0 Å². The van der Waals surface area contributed by atoms with Crippen LogP contribution >= 0.6 is 0 Å². The number of hydrogen-bond donors (Lipinski definition) is 2. The first-order valence-corrected chi connectivity index (χ1v) is 7.99. The van der Waals surface area contributed by atoms with E-state index in [1.54, 1.807) is 18.9 Å². The van der Waals surface area contributed by atoms with Crippen LogP contribution in [0, 0.1) is 13.8 Å². The average molecular weight is 332 g/mol. The van der Waals surface area contributed by atoms with Crippen molar-refractivity contribution in [3.05, 3.63) is 35.6 Å². The molecule has 0 atom stereocenters. The van der Waals surface area contributed by atoms with Gasteiger partial charge in [0.1, 0.15) is 5.82 Å². The van der Waals surface area contributed by atoms with Gasteiger partial charge in [-0.05, 0) is 25.0 Å². The van der Waals surface area contributed by atoms with E-state index in [0.29, 0.717) is 31.2 Å². The zero-order valence-electron chi connectivity index (χ0n) is 14.4. The van der Waals surface area contributed by atoms with E-state index < -0.39 is 0 Å². The molecule has 0 bridgehead atoms.